The number of nitro benzene ring substituents is 1. The van der Waals surface area contributed by atoms with Crippen LogP contribution in [0.4, 0.5) is 5.69 Å². The maximum absolute atomic E-state index is 11.7. The van der Waals surface area contributed by atoms with E-state index in [1.165, 1.54) is 24.1 Å². The summed E-state index contributed by atoms with van der Waals surface area (Å²) in [5.41, 5.74) is 2.26. The highest BCUT2D eigenvalue weighted by Gasteiger charge is 2.22. The summed E-state index contributed by atoms with van der Waals surface area (Å²) in [5.74, 6) is 0.953. The van der Waals surface area contributed by atoms with E-state index in [1.54, 1.807) is 6.07 Å². The van der Waals surface area contributed by atoms with Crippen LogP contribution in [0.3, 0.4) is 0 Å². The number of nitro groups is 1. The molecule has 156 valence electrons. The first-order chi connectivity index (χ1) is 14.4. The van der Waals surface area contributed by atoms with Crippen molar-refractivity contribution in [1.29, 1.82) is 0 Å². The topological polar surface area (TPSA) is 108 Å². The molecule has 2 aromatic carbocycles. The predicted octanol–water partition coefficient (Wildman–Crippen LogP) is 4.19. The van der Waals surface area contributed by atoms with Crippen molar-refractivity contribution >= 4 is 24.1 Å². The molecule has 0 amide bonds. The molecule has 0 radical (unpaired) electrons. The van der Waals surface area contributed by atoms with E-state index in [4.69, 9.17) is 21.7 Å². The Kier molecular flexibility index (Phi) is 6.58. The Morgan fingerprint density at radius 1 is 1.33 bits per heavy atom. The second-order valence-electron chi connectivity index (χ2n) is 6.46. The number of nitrogens with zero attached hydrogens (tertiary/aromatic N) is 4. The van der Waals surface area contributed by atoms with Crippen LogP contribution in [0.1, 0.15) is 29.4 Å². The summed E-state index contributed by atoms with van der Waals surface area (Å²) >= 11 is 5.16. The van der Waals surface area contributed by atoms with Gasteiger partial charge < -0.3 is 9.47 Å². The summed E-state index contributed by atoms with van der Waals surface area (Å²) < 4.78 is 12.9. The van der Waals surface area contributed by atoms with Crippen LogP contribution in [-0.2, 0) is 13.0 Å². The van der Waals surface area contributed by atoms with E-state index in [0.717, 1.165) is 11.1 Å². The minimum Gasteiger partial charge on any atom is -0.493 e. The Hall–Kier alpha value is -3.53. The van der Waals surface area contributed by atoms with E-state index in [-0.39, 0.29) is 23.8 Å². The largest absolute Gasteiger partial charge is 0.493 e. The van der Waals surface area contributed by atoms with Gasteiger partial charge in [0, 0.05) is 18.1 Å². The first-order valence-electron chi connectivity index (χ1n) is 9.18. The molecule has 0 fully saturated rings. The van der Waals surface area contributed by atoms with Gasteiger partial charge in [0.05, 0.1) is 18.2 Å². The number of methoxy groups -OCH3 is 1. The number of hydrogen-bond donors (Lipinski definition) is 1. The van der Waals surface area contributed by atoms with Crippen LogP contribution in [0.2, 0.25) is 0 Å². The van der Waals surface area contributed by atoms with Gasteiger partial charge in [0.1, 0.15) is 6.61 Å². The fourth-order valence-electron chi connectivity index (χ4n) is 2.75. The second-order valence-corrected chi connectivity index (χ2v) is 6.84. The van der Waals surface area contributed by atoms with Gasteiger partial charge in [-0.2, -0.15) is 14.9 Å². The smallest absolute Gasteiger partial charge is 0.315 e. The average molecular weight is 427 g/mol. The lowest BCUT2D eigenvalue weighted by atomic mass is 10.1. The Labute approximate surface area is 178 Å². The molecule has 0 aliphatic carbocycles. The molecule has 1 aromatic heterocycles. The number of aryl methyl sites for hydroxylation is 2. The molecule has 0 saturated carbocycles. The molecule has 0 aliphatic heterocycles. The molecule has 1 N–H and O–H groups in total. The lowest BCUT2D eigenvalue weighted by Crippen LogP contribution is -2.03. The first-order valence-corrected chi connectivity index (χ1v) is 9.59. The summed E-state index contributed by atoms with van der Waals surface area (Å²) in [6.45, 7) is 4.08. The molecular weight excluding hydrogens is 406 g/mol. The molecule has 0 saturated heterocycles. The minimum atomic E-state index is -0.509. The molecule has 30 heavy (non-hydrogen) atoms. The number of hydrogen-bond acceptors (Lipinski definition) is 7. The van der Waals surface area contributed by atoms with Gasteiger partial charge in [-0.3, -0.25) is 15.2 Å². The van der Waals surface area contributed by atoms with E-state index < -0.39 is 4.92 Å². The van der Waals surface area contributed by atoms with Crippen LogP contribution in [-0.4, -0.2) is 33.1 Å². The summed E-state index contributed by atoms with van der Waals surface area (Å²) in [4.78, 5) is 11.2. The third kappa shape index (κ3) is 4.71. The lowest BCUT2D eigenvalue weighted by molar-refractivity contribution is -0.386. The number of benzene rings is 2. The van der Waals surface area contributed by atoms with Crippen molar-refractivity contribution in [3.63, 3.8) is 0 Å². The summed E-state index contributed by atoms with van der Waals surface area (Å²) in [7, 11) is 1.43. The van der Waals surface area contributed by atoms with Crippen LogP contribution in [0.5, 0.6) is 11.5 Å². The zero-order valence-electron chi connectivity index (χ0n) is 16.8. The van der Waals surface area contributed by atoms with Crippen molar-refractivity contribution < 1.29 is 14.4 Å². The van der Waals surface area contributed by atoms with Crippen LogP contribution >= 0.6 is 12.2 Å². The normalized spacial score (nSPS) is 11.0. The van der Waals surface area contributed by atoms with E-state index in [2.05, 4.69) is 15.3 Å². The van der Waals surface area contributed by atoms with E-state index in [0.29, 0.717) is 22.6 Å². The predicted molar refractivity (Wildman–Crippen MR) is 115 cm³/mol. The SMILES string of the molecule is CCc1n[nH]c(=S)n1/N=C\c1cc(OC)c(OCc2ccc(C)cc2)c([N+](=O)[O-])c1. The number of H-pyrrole nitrogens is 1. The van der Waals surface area contributed by atoms with Gasteiger partial charge in [-0.05, 0) is 30.8 Å². The average Bonchev–Trinajstić information content (AvgIpc) is 3.10. The molecule has 0 bridgehead atoms. The highest BCUT2D eigenvalue weighted by molar-refractivity contribution is 7.71. The van der Waals surface area contributed by atoms with Crippen LogP contribution < -0.4 is 9.47 Å². The Balaban J connectivity index is 1.93. The Bertz CT molecular complexity index is 1140. The minimum absolute atomic E-state index is 0.0643. The molecule has 9 nitrogen and oxygen atoms in total. The number of rotatable bonds is 8. The zero-order chi connectivity index (χ0) is 21.7. The number of aromatic nitrogens is 3. The van der Waals surface area contributed by atoms with E-state index in [1.807, 2.05) is 38.1 Å². The van der Waals surface area contributed by atoms with Crippen LogP contribution in [0, 0.1) is 21.8 Å². The number of nitrogens with one attached hydrogen (secondary N) is 1. The maximum Gasteiger partial charge on any atom is 0.315 e. The Morgan fingerprint density at radius 3 is 2.70 bits per heavy atom. The molecule has 10 heteroatoms. The lowest BCUT2D eigenvalue weighted by Gasteiger charge is -2.12. The summed E-state index contributed by atoms with van der Waals surface area (Å²) in [5, 5.41) is 22.7. The molecule has 3 rings (SSSR count). The maximum atomic E-state index is 11.7. The van der Waals surface area contributed by atoms with Gasteiger partial charge in [-0.25, -0.2) is 0 Å². The second kappa shape index (κ2) is 9.31. The van der Waals surface area contributed by atoms with Gasteiger partial charge in [-0.15, -0.1) is 0 Å². The molecule has 3 aromatic rings. The van der Waals surface area contributed by atoms with Crippen LogP contribution in [0.15, 0.2) is 41.5 Å². The molecule has 0 unspecified atom stereocenters. The van der Waals surface area contributed by atoms with Crippen molar-refractivity contribution in [2.45, 2.75) is 26.9 Å². The Morgan fingerprint density at radius 2 is 2.07 bits per heavy atom. The molecule has 0 atom stereocenters. The van der Waals surface area contributed by atoms with Crippen molar-refractivity contribution in [1.82, 2.24) is 14.9 Å². The van der Waals surface area contributed by atoms with E-state index in [9.17, 15) is 10.1 Å². The number of aromatic amines is 1. The molecular formula is C20H21N5O4S. The zero-order valence-corrected chi connectivity index (χ0v) is 17.6. The summed E-state index contributed by atoms with van der Waals surface area (Å²) in [6, 6.07) is 10.7. The fourth-order valence-corrected chi connectivity index (χ4v) is 2.95. The third-order valence-electron chi connectivity index (χ3n) is 4.33. The van der Waals surface area contributed by atoms with Crippen LogP contribution in [0.25, 0.3) is 0 Å². The van der Waals surface area contributed by atoms with Crippen molar-refractivity contribution in [3.05, 3.63) is 73.8 Å². The number of ether oxygens (including phenoxy) is 2. The van der Waals surface area contributed by atoms with Gasteiger partial charge in [0.15, 0.2) is 11.6 Å². The molecule has 0 spiro atoms. The highest BCUT2D eigenvalue weighted by Crippen LogP contribution is 2.38. The first kappa shape index (κ1) is 21.2. The summed E-state index contributed by atoms with van der Waals surface area (Å²) in [6.07, 6.45) is 2.09. The van der Waals surface area contributed by atoms with Gasteiger partial charge in [0.2, 0.25) is 10.5 Å². The van der Waals surface area contributed by atoms with Crippen molar-refractivity contribution in [3.8, 4) is 11.5 Å². The molecule has 0 aliphatic rings. The quantitative estimate of drug-likeness (QED) is 0.250. The standard InChI is InChI=1S/C20H21N5O4S/c1-4-18-22-23-20(30)24(18)21-11-15-9-16(25(26)27)19(17(10-15)28-3)29-12-14-7-5-13(2)6-8-14/h5-11H,4,12H2,1-3H3,(H,23,30)/b21-11-. The van der Waals surface area contributed by atoms with Gasteiger partial charge >= 0.3 is 5.69 Å². The third-order valence-corrected chi connectivity index (χ3v) is 4.60. The van der Waals surface area contributed by atoms with Gasteiger partial charge in [-0.1, -0.05) is 36.8 Å². The van der Waals surface area contributed by atoms with Crippen molar-refractivity contribution in [2.24, 2.45) is 5.10 Å². The fraction of sp³-hybridized carbons (Fsp3) is 0.250. The van der Waals surface area contributed by atoms with Crippen molar-refractivity contribution in [2.75, 3.05) is 7.11 Å². The van der Waals surface area contributed by atoms with E-state index >= 15 is 0 Å². The highest BCUT2D eigenvalue weighted by atomic mass is 32.1. The van der Waals surface area contributed by atoms with Gasteiger partial charge in [0.25, 0.3) is 0 Å². The monoisotopic (exact) mass is 427 g/mol. The molecule has 1 heterocycles.